The second-order valence-electron chi connectivity index (χ2n) is 1.07. The minimum atomic E-state index is -5.20. The van der Waals surface area contributed by atoms with Gasteiger partial charge in [-0.15, -0.1) is 0 Å². The van der Waals surface area contributed by atoms with Crippen molar-refractivity contribution >= 4 is 10.5 Å². The lowest BCUT2D eigenvalue weighted by Crippen LogP contribution is -2.07. The van der Waals surface area contributed by atoms with Gasteiger partial charge in [0, 0.05) is 0 Å². The Hall–Kier alpha value is -0.300. The highest BCUT2D eigenvalue weighted by atomic mass is 32.3. The number of rotatable bonds is 3. The van der Waals surface area contributed by atoms with Gasteiger partial charge in [0.25, 0.3) is 6.43 Å². The Balaban J connectivity index is 3.53. The van der Waals surface area contributed by atoms with Crippen molar-refractivity contribution in [3.8, 4) is 0 Å². The molecule has 0 rings (SSSR count). The van der Waals surface area contributed by atoms with Gasteiger partial charge in [-0.1, -0.05) is 3.89 Å². The average Bonchev–Trinajstić information content (AvgIpc) is 1.59. The lowest BCUT2D eigenvalue weighted by atomic mass is 10.8. The van der Waals surface area contributed by atoms with Crippen LogP contribution in [0.4, 0.5) is 12.7 Å². The minimum Gasteiger partial charge on any atom is -0.239 e. The zero-order chi connectivity index (χ0) is 7.49. The van der Waals surface area contributed by atoms with E-state index in [-0.39, 0.29) is 0 Å². The summed E-state index contributed by atoms with van der Waals surface area (Å²) >= 11 is 0. The van der Waals surface area contributed by atoms with Crippen molar-refractivity contribution in [3.05, 3.63) is 0 Å². The Bertz CT molecular complexity index is 162. The number of hydrogen-bond donors (Lipinski definition) is 0. The molecule has 0 aromatic carbocycles. The van der Waals surface area contributed by atoms with E-state index < -0.39 is 23.5 Å². The van der Waals surface area contributed by atoms with Crippen LogP contribution in [0, 0.1) is 0 Å². The SMILES string of the molecule is O=S(=O)(F)OCC(F)F. The standard InChI is InChI=1S/C2H3F3O3S/c3-2(4)1-8-9(5,6)7/h2H,1H2. The normalized spacial score (nSPS) is 12.4. The maximum Gasteiger partial charge on any atom is 0.437 e. The first-order valence-electron chi connectivity index (χ1n) is 1.79. The molecule has 56 valence electrons. The van der Waals surface area contributed by atoms with Crippen LogP contribution >= 0.6 is 0 Å². The first-order chi connectivity index (χ1) is 3.92. The third-order valence-corrected chi connectivity index (χ3v) is 0.752. The number of alkyl halides is 2. The van der Waals surface area contributed by atoms with Crippen molar-refractivity contribution in [3.63, 3.8) is 0 Å². The third kappa shape index (κ3) is 7.70. The predicted octanol–water partition coefficient (Wildman–Crippen LogP) is 0.482. The quantitative estimate of drug-likeness (QED) is 0.570. The van der Waals surface area contributed by atoms with Gasteiger partial charge in [-0.25, -0.2) is 13.0 Å². The van der Waals surface area contributed by atoms with Crippen LogP contribution in [0.3, 0.4) is 0 Å². The van der Waals surface area contributed by atoms with E-state index in [1.54, 1.807) is 0 Å². The van der Waals surface area contributed by atoms with E-state index in [4.69, 9.17) is 0 Å². The van der Waals surface area contributed by atoms with Crippen molar-refractivity contribution in [2.45, 2.75) is 6.43 Å². The average molecular weight is 164 g/mol. The Labute approximate surface area is 49.8 Å². The van der Waals surface area contributed by atoms with Crippen molar-refractivity contribution in [1.29, 1.82) is 0 Å². The van der Waals surface area contributed by atoms with Crippen molar-refractivity contribution < 1.29 is 25.3 Å². The molecule has 0 spiro atoms. The zero-order valence-corrected chi connectivity index (χ0v) is 4.87. The van der Waals surface area contributed by atoms with Crippen molar-refractivity contribution in [2.24, 2.45) is 0 Å². The molecule has 0 bridgehead atoms. The monoisotopic (exact) mass is 164 g/mol. The fourth-order valence-corrected chi connectivity index (χ4v) is 0.398. The van der Waals surface area contributed by atoms with E-state index in [0.29, 0.717) is 0 Å². The molecule has 0 heterocycles. The Morgan fingerprint density at radius 3 is 2.00 bits per heavy atom. The highest BCUT2D eigenvalue weighted by molar-refractivity contribution is 7.81. The fraction of sp³-hybridized carbons (Fsp3) is 1.00. The maximum absolute atomic E-state index is 11.2. The summed E-state index contributed by atoms with van der Waals surface area (Å²) in [5.41, 5.74) is 0. The van der Waals surface area contributed by atoms with Crippen LogP contribution in [0.15, 0.2) is 0 Å². The van der Waals surface area contributed by atoms with Gasteiger partial charge in [0.05, 0.1) is 0 Å². The molecule has 0 fully saturated rings. The summed E-state index contributed by atoms with van der Waals surface area (Å²) in [5.74, 6) is 0. The summed E-state index contributed by atoms with van der Waals surface area (Å²) in [6.45, 7) is -1.43. The van der Waals surface area contributed by atoms with Crippen LogP contribution in [0.2, 0.25) is 0 Å². The third-order valence-electron chi connectivity index (χ3n) is 0.335. The van der Waals surface area contributed by atoms with Crippen LogP contribution < -0.4 is 0 Å². The predicted molar refractivity (Wildman–Crippen MR) is 22.0 cm³/mol. The molecule has 0 aliphatic carbocycles. The van der Waals surface area contributed by atoms with Crippen LogP contribution in [0.5, 0.6) is 0 Å². The largest absolute Gasteiger partial charge is 0.437 e. The second kappa shape index (κ2) is 3.02. The van der Waals surface area contributed by atoms with Gasteiger partial charge in [-0.2, -0.15) is 8.42 Å². The van der Waals surface area contributed by atoms with Gasteiger partial charge in [0.1, 0.15) is 6.61 Å². The molecule has 0 radical (unpaired) electrons. The van der Waals surface area contributed by atoms with Crippen LogP contribution in [-0.4, -0.2) is 21.5 Å². The molecular weight excluding hydrogens is 161 g/mol. The Morgan fingerprint density at radius 1 is 1.44 bits per heavy atom. The van der Waals surface area contributed by atoms with Gasteiger partial charge in [0.15, 0.2) is 0 Å². The Morgan fingerprint density at radius 2 is 1.89 bits per heavy atom. The summed E-state index contributed by atoms with van der Waals surface area (Å²) in [4.78, 5) is 0. The van der Waals surface area contributed by atoms with E-state index in [1.165, 1.54) is 0 Å². The van der Waals surface area contributed by atoms with Gasteiger partial charge in [-0.3, -0.25) is 0 Å². The first-order valence-corrected chi connectivity index (χ1v) is 3.10. The summed E-state index contributed by atoms with van der Waals surface area (Å²) < 4.78 is 54.9. The van der Waals surface area contributed by atoms with Crippen molar-refractivity contribution in [1.82, 2.24) is 0 Å². The zero-order valence-electron chi connectivity index (χ0n) is 4.05. The molecule has 0 unspecified atom stereocenters. The smallest absolute Gasteiger partial charge is 0.239 e. The summed E-state index contributed by atoms with van der Waals surface area (Å²) in [6, 6.07) is 0. The van der Waals surface area contributed by atoms with Gasteiger partial charge < -0.3 is 0 Å². The molecular formula is C2H3F3O3S. The van der Waals surface area contributed by atoms with E-state index in [2.05, 4.69) is 4.18 Å². The van der Waals surface area contributed by atoms with Gasteiger partial charge >= 0.3 is 10.5 Å². The molecule has 0 aromatic heterocycles. The topological polar surface area (TPSA) is 43.4 Å². The van der Waals surface area contributed by atoms with E-state index in [9.17, 15) is 21.1 Å². The molecule has 7 heteroatoms. The molecule has 0 saturated carbocycles. The molecule has 0 saturated heterocycles. The molecule has 0 atom stereocenters. The van der Waals surface area contributed by atoms with E-state index in [1.807, 2.05) is 0 Å². The Kier molecular flexibility index (Phi) is 2.92. The minimum absolute atomic E-state index is 1.43. The van der Waals surface area contributed by atoms with Crippen molar-refractivity contribution in [2.75, 3.05) is 6.61 Å². The highest BCUT2D eigenvalue weighted by Gasteiger charge is 2.11. The highest BCUT2D eigenvalue weighted by Crippen LogP contribution is 1.98. The molecule has 0 aliphatic rings. The van der Waals surface area contributed by atoms with Crippen LogP contribution in [0.25, 0.3) is 0 Å². The lowest BCUT2D eigenvalue weighted by Gasteiger charge is -1.93. The first kappa shape index (κ1) is 8.70. The second-order valence-corrected chi connectivity index (χ2v) is 2.09. The van der Waals surface area contributed by atoms with E-state index >= 15 is 0 Å². The van der Waals surface area contributed by atoms with Crippen LogP contribution in [0.1, 0.15) is 0 Å². The van der Waals surface area contributed by atoms with Crippen LogP contribution in [-0.2, 0) is 14.7 Å². The number of hydrogen-bond acceptors (Lipinski definition) is 3. The molecule has 0 aromatic rings. The molecule has 0 aliphatic heterocycles. The molecule has 3 nitrogen and oxygen atoms in total. The van der Waals surface area contributed by atoms with Gasteiger partial charge in [0.2, 0.25) is 0 Å². The lowest BCUT2D eigenvalue weighted by molar-refractivity contribution is 0.0813. The summed E-state index contributed by atoms with van der Waals surface area (Å²) in [6.07, 6.45) is -2.98. The maximum atomic E-state index is 11.2. The van der Waals surface area contributed by atoms with Gasteiger partial charge in [-0.05, 0) is 0 Å². The number of halogens is 3. The molecule has 0 N–H and O–H groups in total. The fourth-order valence-electron chi connectivity index (χ4n) is 0.133. The van der Waals surface area contributed by atoms with E-state index in [0.717, 1.165) is 0 Å². The summed E-state index contributed by atoms with van der Waals surface area (Å²) in [5, 5.41) is 0. The molecule has 0 amide bonds. The molecule has 9 heavy (non-hydrogen) atoms. The summed E-state index contributed by atoms with van der Waals surface area (Å²) in [7, 11) is -5.20.